The van der Waals surface area contributed by atoms with Crippen LogP contribution in [0.2, 0.25) is 0 Å². The fourth-order valence-corrected chi connectivity index (χ4v) is 1.43. The zero-order chi connectivity index (χ0) is 14.0. The maximum Gasteiger partial charge on any atom is 0.408 e. The Bertz CT molecular complexity index is 449. The van der Waals surface area contributed by atoms with Crippen molar-refractivity contribution in [1.29, 1.82) is 0 Å². The van der Waals surface area contributed by atoms with Gasteiger partial charge in [0.15, 0.2) is 6.29 Å². The third kappa shape index (κ3) is 3.28. The summed E-state index contributed by atoms with van der Waals surface area (Å²) < 4.78 is 6.54. The van der Waals surface area contributed by atoms with E-state index in [1.807, 2.05) is 0 Å². The number of hydrogen-bond acceptors (Lipinski definition) is 5. The van der Waals surface area contributed by atoms with Gasteiger partial charge in [-0.05, 0) is 27.7 Å². The number of alkyl carbamates (subject to hydrolysis) is 1. The van der Waals surface area contributed by atoms with Gasteiger partial charge in [-0.25, -0.2) is 9.48 Å². The van der Waals surface area contributed by atoms with Crippen LogP contribution in [0.15, 0.2) is 6.20 Å². The molecule has 1 aromatic heterocycles. The summed E-state index contributed by atoms with van der Waals surface area (Å²) in [6.45, 7) is 6.80. The summed E-state index contributed by atoms with van der Waals surface area (Å²) in [6.07, 6.45) is 1.37. The number of carbonyl (C=O) groups is 2. The molecule has 0 aliphatic heterocycles. The van der Waals surface area contributed by atoms with Crippen molar-refractivity contribution in [2.45, 2.75) is 38.8 Å². The molecule has 1 N–H and O–H groups in total. The predicted octanol–water partition coefficient (Wildman–Crippen LogP) is 0.754. The molecule has 1 unspecified atom stereocenters. The standard InChI is InChI=1S/C11H18N4O3/c1-10(2,3)18-9(17)13-11(4,7-16)8-6-12-14-15(8)5/h6-7H,1-5H3,(H,13,17). The Morgan fingerprint density at radius 3 is 2.44 bits per heavy atom. The maximum atomic E-state index is 11.7. The number of amides is 1. The minimum absolute atomic E-state index is 0.475. The molecule has 0 saturated heterocycles. The smallest absolute Gasteiger partial charge is 0.408 e. The van der Waals surface area contributed by atoms with E-state index in [4.69, 9.17) is 4.74 Å². The SMILES string of the molecule is Cn1nncc1C(C)(C=O)NC(=O)OC(C)(C)C. The number of nitrogens with zero attached hydrogens (tertiary/aromatic N) is 3. The monoisotopic (exact) mass is 254 g/mol. The topological polar surface area (TPSA) is 86.1 Å². The van der Waals surface area contributed by atoms with Gasteiger partial charge in [0, 0.05) is 7.05 Å². The van der Waals surface area contributed by atoms with E-state index in [0.717, 1.165) is 0 Å². The molecule has 1 aromatic rings. The van der Waals surface area contributed by atoms with Crippen molar-refractivity contribution in [2.24, 2.45) is 7.05 Å². The minimum atomic E-state index is -1.22. The van der Waals surface area contributed by atoms with Crippen molar-refractivity contribution in [2.75, 3.05) is 0 Å². The number of aromatic nitrogens is 3. The van der Waals surface area contributed by atoms with Gasteiger partial charge in [0.25, 0.3) is 0 Å². The predicted molar refractivity (Wildman–Crippen MR) is 63.8 cm³/mol. The van der Waals surface area contributed by atoms with Gasteiger partial charge in [0.2, 0.25) is 0 Å². The molecule has 18 heavy (non-hydrogen) atoms. The minimum Gasteiger partial charge on any atom is -0.444 e. The Morgan fingerprint density at radius 1 is 1.44 bits per heavy atom. The second-order valence-electron chi connectivity index (χ2n) is 5.19. The molecular formula is C11H18N4O3. The van der Waals surface area contributed by atoms with Crippen LogP contribution in [0.3, 0.4) is 0 Å². The summed E-state index contributed by atoms with van der Waals surface area (Å²) >= 11 is 0. The number of ether oxygens (including phenoxy) is 1. The molecule has 7 heteroatoms. The van der Waals surface area contributed by atoms with E-state index in [2.05, 4.69) is 15.6 Å². The highest BCUT2D eigenvalue weighted by atomic mass is 16.6. The van der Waals surface area contributed by atoms with Gasteiger partial charge in [0.1, 0.15) is 11.1 Å². The number of hydrogen-bond donors (Lipinski definition) is 1. The van der Waals surface area contributed by atoms with Crippen LogP contribution in [0.5, 0.6) is 0 Å². The molecular weight excluding hydrogens is 236 g/mol. The van der Waals surface area contributed by atoms with Crippen molar-refractivity contribution in [3.8, 4) is 0 Å². The molecule has 100 valence electrons. The first-order valence-electron chi connectivity index (χ1n) is 5.50. The van der Waals surface area contributed by atoms with E-state index in [1.165, 1.54) is 10.9 Å². The first-order valence-corrected chi connectivity index (χ1v) is 5.50. The van der Waals surface area contributed by atoms with Crippen molar-refractivity contribution in [1.82, 2.24) is 20.3 Å². The zero-order valence-electron chi connectivity index (χ0n) is 11.2. The zero-order valence-corrected chi connectivity index (χ0v) is 11.2. The lowest BCUT2D eigenvalue weighted by Gasteiger charge is -2.27. The van der Waals surface area contributed by atoms with E-state index < -0.39 is 17.2 Å². The number of rotatable bonds is 3. The first kappa shape index (κ1) is 14.1. The maximum absolute atomic E-state index is 11.7. The summed E-state index contributed by atoms with van der Waals surface area (Å²) in [4.78, 5) is 22.9. The molecule has 0 aliphatic rings. The van der Waals surface area contributed by atoms with Crippen molar-refractivity contribution in [3.63, 3.8) is 0 Å². The summed E-state index contributed by atoms with van der Waals surface area (Å²) in [5.74, 6) is 0. The first-order chi connectivity index (χ1) is 8.18. The second-order valence-corrected chi connectivity index (χ2v) is 5.19. The Balaban J connectivity index is 2.88. The Hall–Kier alpha value is -1.92. The molecule has 1 amide bonds. The van der Waals surface area contributed by atoms with Gasteiger partial charge >= 0.3 is 6.09 Å². The molecule has 0 radical (unpaired) electrons. The third-order valence-corrected chi connectivity index (χ3v) is 2.24. The van der Waals surface area contributed by atoms with Crippen molar-refractivity contribution >= 4 is 12.4 Å². The van der Waals surface area contributed by atoms with Gasteiger partial charge in [-0.15, -0.1) is 5.10 Å². The highest BCUT2D eigenvalue weighted by Crippen LogP contribution is 2.17. The lowest BCUT2D eigenvalue weighted by atomic mass is 10.0. The third-order valence-electron chi connectivity index (χ3n) is 2.24. The average Bonchev–Trinajstić information content (AvgIpc) is 2.61. The number of aryl methyl sites for hydroxylation is 1. The van der Waals surface area contributed by atoms with E-state index >= 15 is 0 Å². The van der Waals surface area contributed by atoms with Crippen LogP contribution in [-0.4, -0.2) is 33.0 Å². The fourth-order valence-electron chi connectivity index (χ4n) is 1.43. The second kappa shape index (κ2) is 4.75. The summed E-state index contributed by atoms with van der Waals surface area (Å²) in [7, 11) is 1.64. The van der Waals surface area contributed by atoms with Crippen molar-refractivity contribution < 1.29 is 14.3 Å². The van der Waals surface area contributed by atoms with Crippen LogP contribution in [0.4, 0.5) is 4.79 Å². The van der Waals surface area contributed by atoms with E-state index in [1.54, 1.807) is 34.7 Å². The quantitative estimate of drug-likeness (QED) is 0.804. The van der Waals surface area contributed by atoms with Gasteiger partial charge in [0.05, 0.1) is 11.9 Å². The van der Waals surface area contributed by atoms with Crippen LogP contribution >= 0.6 is 0 Å². The highest BCUT2D eigenvalue weighted by Gasteiger charge is 2.33. The summed E-state index contributed by atoms with van der Waals surface area (Å²) in [6, 6.07) is 0. The normalized spacial score (nSPS) is 14.7. The molecule has 1 rings (SSSR count). The average molecular weight is 254 g/mol. The van der Waals surface area contributed by atoms with Gasteiger partial charge in [-0.2, -0.15) is 0 Å². The van der Waals surface area contributed by atoms with Crippen LogP contribution in [0.25, 0.3) is 0 Å². The molecule has 0 spiro atoms. The van der Waals surface area contributed by atoms with E-state index in [9.17, 15) is 9.59 Å². The van der Waals surface area contributed by atoms with Gasteiger partial charge < -0.3 is 14.8 Å². The molecule has 0 aliphatic carbocycles. The number of nitrogens with one attached hydrogen (secondary N) is 1. The molecule has 1 atom stereocenters. The lowest BCUT2D eigenvalue weighted by Crippen LogP contribution is -2.48. The molecule has 0 bridgehead atoms. The number of carbonyl (C=O) groups excluding carboxylic acids is 2. The molecule has 0 aromatic carbocycles. The van der Waals surface area contributed by atoms with Crippen LogP contribution in [0.1, 0.15) is 33.4 Å². The lowest BCUT2D eigenvalue weighted by molar-refractivity contribution is -0.113. The largest absolute Gasteiger partial charge is 0.444 e. The van der Waals surface area contributed by atoms with Gasteiger partial charge in [-0.1, -0.05) is 5.21 Å². The molecule has 0 saturated carbocycles. The van der Waals surface area contributed by atoms with E-state index in [-0.39, 0.29) is 0 Å². The fraction of sp³-hybridized carbons (Fsp3) is 0.636. The Labute approximate surface area is 105 Å². The van der Waals surface area contributed by atoms with Crippen LogP contribution < -0.4 is 5.32 Å². The van der Waals surface area contributed by atoms with E-state index in [0.29, 0.717) is 12.0 Å². The molecule has 7 nitrogen and oxygen atoms in total. The number of aldehydes is 1. The Kier molecular flexibility index (Phi) is 3.73. The van der Waals surface area contributed by atoms with Crippen LogP contribution in [0, 0.1) is 0 Å². The van der Waals surface area contributed by atoms with Crippen molar-refractivity contribution in [3.05, 3.63) is 11.9 Å². The molecule has 1 heterocycles. The molecule has 0 fully saturated rings. The Morgan fingerprint density at radius 2 is 2.06 bits per heavy atom. The summed E-state index contributed by atoms with van der Waals surface area (Å²) in [5, 5.41) is 9.92. The van der Waals surface area contributed by atoms with Gasteiger partial charge in [-0.3, -0.25) is 0 Å². The highest BCUT2D eigenvalue weighted by molar-refractivity contribution is 5.77. The van der Waals surface area contributed by atoms with Crippen LogP contribution in [-0.2, 0) is 22.1 Å². The summed E-state index contributed by atoms with van der Waals surface area (Å²) in [5.41, 5.74) is -1.37.